The number of aromatic hydroxyl groups is 1. The summed E-state index contributed by atoms with van der Waals surface area (Å²) in [6.07, 6.45) is 1.69. The predicted molar refractivity (Wildman–Crippen MR) is 128 cm³/mol. The number of allylic oxidation sites excluding steroid dienone is 1. The van der Waals surface area contributed by atoms with E-state index in [0.29, 0.717) is 37.7 Å². The summed E-state index contributed by atoms with van der Waals surface area (Å²) in [5.74, 6) is 0.585. The number of aromatic nitrogens is 1. The number of ether oxygens (including phenoxy) is 3. The molecule has 1 aromatic heterocycles. The smallest absolute Gasteiger partial charge is 0.338 e. The molecule has 0 radical (unpaired) electrons. The lowest BCUT2D eigenvalue weighted by Gasteiger charge is -2.26. The van der Waals surface area contributed by atoms with Crippen LogP contribution in [0, 0.1) is 0 Å². The van der Waals surface area contributed by atoms with Crippen LogP contribution in [0.15, 0.2) is 63.5 Å². The fourth-order valence-corrected chi connectivity index (χ4v) is 4.95. The number of thiazole rings is 1. The molecule has 0 amide bonds. The Bertz CT molecular complexity index is 1470. The molecule has 0 bridgehead atoms. The molecule has 0 saturated carbocycles. The molecule has 1 aliphatic rings. The van der Waals surface area contributed by atoms with E-state index in [9.17, 15) is 14.7 Å². The van der Waals surface area contributed by atoms with E-state index >= 15 is 0 Å². The molecule has 2 heterocycles. The first-order valence-electron chi connectivity index (χ1n) is 10.6. The molecule has 3 aromatic rings. The number of phenolic OH excluding ortho intramolecular Hbond substituents is 1. The molecule has 0 spiro atoms. The average Bonchev–Trinajstić information content (AvgIpc) is 3.12. The summed E-state index contributed by atoms with van der Waals surface area (Å²) in [5.41, 5.74) is 1.63. The number of methoxy groups -OCH3 is 2. The zero-order chi connectivity index (χ0) is 24.4. The van der Waals surface area contributed by atoms with Crippen molar-refractivity contribution < 1.29 is 24.1 Å². The molecule has 0 aliphatic carbocycles. The minimum absolute atomic E-state index is 0.0981. The molecule has 1 unspecified atom stereocenters. The summed E-state index contributed by atoms with van der Waals surface area (Å²) in [6.45, 7) is 3.62. The molecule has 9 heteroatoms. The van der Waals surface area contributed by atoms with Crippen LogP contribution >= 0.6 is 11.3 Å². The normalized spacial score (nSPS) is 15.5. The number of carbonyl (C=O) groups excluding carboxylic acids is 1. The molecular weight excluding hydrogens is 456 g/mol. The van der Waals surface area contributed by atoms with Crippen LogP contribution in [-0.4, -0.2) is 36.5 Å². The van der Waals surface area contributed by atoms with Gasteiger partial charge in [0, 0.05) is 5.56 Å². The van der Waals surface area contributed by atoms with Gasteiger partial charge in [0.25, 0.3) is 5.56 Å². The summed E-state index contributed by atoms with van der Waals surface area (Å²) < 4.78 is 18.2. The number of phenols is 1. The van der Waals surface area contributed by atoms with Crippen LogP contribution in [0.4, 0.5) is 0 Å². The molecule has 1 atom stereocenters. The van der Waals surface area contributed by atoms with Crippen molar-refractivity contribution in [2.75, 3.05) is 20.8 Å². The largest absolute Gasteiger partial charge is 0.508 e. The van der Waals surface area contributed by atoms with Gasteiger partial charge in [-0.2, -0.15) is 0 Å². The molecule has 1 aliphatic heterocycles. The number of nitrogens with zero attached hydrogens (tertiary/aromatic N) is 2. The zero-order valence-corrected chi connectivity index (χ0v) is 20.0. The second-order valence-corrected chi connectivity index (χ2v) is 8.51. The highest BCUT2D eigenvalue weighted by atomic mass is 32.1. The molecular formula is C25H24N2O6S. The third-order valence-corrected chi connectivity index (χ3v) is 6.40. The number of esters is 1. The van der Waals surface area contributed by atoms with E-state index in [2.05, 4.69) is 4.99 Å². The Morgan fingerprint density at radius 3 is 2.68 bits per heavy atom. The molecule has 4 rings (SSSR count). The third-order valence-electron chi connectivity index (χ3n) is 5.42. The Morgan fingerprint density at radius 1 is 1.21 bits per heavy atom. The van der Waals surface area contributed by atoms with Gasteiger partial charge in [0.1, 0.15) is 23.3 Å². The monoisotopic (exact) mass is 480 g/mol. The van der Waals surface area contributed by atoms with Crippen LogP contribution < -0.4 is 24.4 Å². The number of hydrogen-bond acceptors (Lipinski definition) is 8. The minimum atomic E-state index is -0.827. The van der Waals surface area contributed by atoms with Crippen molar-refractivity contribution >= 4 is 23.4 Å². The Morgan fingerprint density at radius 2 is 2.00 bits per heavy atom. The lowest BCUT2D eigenvalue weighted by Crippen LogP contribution is -2.40. The highest BCUT2D eigenvalue weighted by Gasteiger charge is 2.35. The van der Waals surface area contributed by atoms with Crippen LogP contribution in [-0.2, 0) is 9.53 Å². The van der Waals surface area contributed by atoms with Crippen LogP contribution in [0.25, 0.3) is 6.08 Å². The van der Waals surface area contributed by atoms with E-state index in [4.69, 9.17) is 14.2 Å². The highest BCUT2D eigenvalue weighted by Crippen LogP contribution is 2.37. The van der Waals surface area contributed by atoms with Gasteiger partial charge in [-0.3, -0.25) is 9.36 Å². The van der Waals surface area contributed by atoms with Crippen LogP contribution in [0.3, 0.4) is 0 Å². The maximum Gasteiger partial charge on any atom is 0.338 e. The Labute approximate surface area is 199 Å². The standard InChI is InChI=1S/C25H24N2O6S/c1-5-33-24(30)21-14(2)26-25-27(22(21)18-13-17(31-3)9-10-19(18)32-4)23(29)20(34-25)12-15-7-6-8-16(28)11-15/h6-13,22,28H,5H2,1-4H3/b20-12+. The number of rotatable bonds is 6. The molecule has 34 heavy (non-hydrogen) atoms. The second-order valence-electron chi connectivity index (χ2n) is 7.51. The topological polar surface area (TPSA) is 99.4 Å². The van der Waals surface area contributed by atoms with Crippen LogP contribution in [0.2, 0.25) is 0 Å². The van der Waals surface area contributed by atoms with Crippen molar-refractivity contribution in [2.45, 2.75) is 19.9 Å². The molecule has 8 nitrogen and oxygen atoms in total. The van der Waals surface area contributed by atoms with Crippen molar-refractivity contribution in [2.24, 2.45) is 4.99 Å². The van der Waals surface area contributed by atoms with E-state index in [0.717, 1.165) is 0 Å². The first-order chi connectivity index (χ1) is 16.4. The second kappa shape index (κ2) is 9.56. The summed E-state index contributed by atoms with van der Waals surface area (Å²) in [7, 11) is 3.07. The number of carbonyl (C=O) groups is 1. The van der Waals surface area contributed by atoms with E-state index < -0.39 is 12.0 Å². The Hall–Kier alpha value is -3.85. The highest BCUT2D eigenvalue weighted by molar-refractivity contribution is 7.07. The molecule has 176 valence electrons. The fourth-order valence-electron chi connectivity index (χ4n) is 3.90. The van der Waals surface area contributed by atoms with Crippen molar-refractivity contribution in [1.29, 1.82) is 0 Å². The van der Waals surface area contributed by atoms with E-state index in [-0.39, 0.29) is 23.5 Å². The average molecular weight is 481 g/mol. The summed E-state index contributed by atoms with van der Waals surface area (Å²) in [4.78, 5) is 31.7. The number of fused-ring (bicyclic) bond motifs is 1. The Kier molecular flexibility index (Phi) is 6.56. The van der Waals surface area contributed by atoms with Gasteiger partial charge < -0.3 is 19.3 Å². The molecule has 2 aromatic carbocycles. The quantitative estimate of drug-likeness (QED) is 0.545. The minimum Gasteiger partial charge on any atom is -0.508 e. The first-order valence-corrected chi connectivity index (χ1v) is 11.4. The van der Waals surface area contributed by atoms with Crippen molar-refractivity contribution in [3.05, 3.63) is 84.5 Å². The van der Waals surface area contributed by atoms with Crippen LogP contribution in [0.1, 0.15) is 31.0 Å². The number of hydrogen-bond donors (Lipinski definition) is 1. The third kappa shape index (κ3) is 4.22. The van der Waals surface area contributed by atoms with E-state index in [1.165, 1.54) is 23.0 Å². The number of benzene rings is 2. The lowest BCUT2D eigenvalue weighted by molar-refractivity contribution is -0.139. The predicted octanol–water partition coefficient (Wildman–Crippen LogP) is 2.52. The fraction of sp³-hybridized carbons (Fsp3) is 0.240. The van der Waals surface area contributed by atoms with Gasteiger partial charge in [0.2, 0.25) is 0 Å². The van der Waals surface area contributed by atoms with Gasteiger partial charge in [0.05, 0.1) is 36.6 Å². The Balaban J connectivity index is 2.02. The molecule has 0 saturated heterocycles. The van der Waals surface area contributed by atoms with Gasteiger partial charge in [-0.25, -0.2) is 9.79 Å². The molecule has 0 fully saturated rings. The van der Waals surface area contributed by atoms with E-state index in [1.807, 2.05) is 0 Å². The van der Waals surface area contributed by atoms with Crippen molar-refractivity contribution in [3.8, 4) is 17.2 Å². The maximum absolute atomic E-state index is 13.6. The maximum atomic E-state index is 13.6. The van der Waals surface area contributed by atoms with Crippen molar-refractivity contribution in [1.82, 2.24) is 4.57 Å². The van der Waals surface area contributed by atoms with Gasteiger partial charge in [-0.1, -0.05) is 23.5 Å². The van der Waals surface area contributed by atoms with Gasteiger partial charge >= 0.3 is 5.97 Å². The summed E-state index contributed by atoms with van der Waals surface area (Å²) >= 11 is 1.20. The summed E-state index contributed by atoms with van der Waals surface area (Å²) in [5, 5.41) is 9.80. The van der Waals surface area contributed by atoms with Gasteiger partial charge in [-0.05, 0) is 55.8 Å². The zero-order valence-electron chi connectivity index (χ0n) is 19.2. The van der Waals surface area contributed by atoms with Gasteiger partial charge in [0.15, 0.2) is 4.80 Å². The molecule has 1 N–H and O–H groups in total. The first kappa shape index (κ1) is 23.3. The van der Waals surface area contributed by atoms with E-state index in [1.54, 1.807) is 69.5 Å². The SMILES string of the molecule is CCOC(=O)C1=C(C)N=c2s/c(=C/c3cccc(O)c3)c(=O)n2C1c1cc(OC)ccc1OC. The van der Waals surface area contributed by atoms with Crippen LogP contribution in [0.5, 0.6) is 17.2 Å². The summed E-state index contributed by atoms with van der Waals surface area (Å²) in [6, 6.07) is 11.0. The van der Waals surface area contributed by atoms with Crippen molar-refractivity contribution in [3.63, 3.8) is 0 Å². The van der Waals surface area contributed by atoms with Gasteiger partial charge in [-0.15, -0.1) is 0 Å². The lowest BCUT2D eigenvalue weighted by atomic mass is 9.94.